The third-order valence-electron chi connectivity index (χ3n) is 4.79. The van der Waals surface area contributed by atoms with Crippen molar-refractivity contribution in [2.24, 2.45) is 0 Å². The predicted octanol–water partition coefficient (Wildman–Crippen LogP) is 4.13. The molecule has 154 valence electrons. The van der Waals surface area contributed by atoms with Crippen LogP contribution in [0.4, 0.5) is 5.69 Å². The van der Waals surface area contributed by atoms with Crippen LogP contribution in [0.5, 0.6) is 0 Å². The number of amides is 1. The number of hydrogen-bond acceptors (Lipinski definition) is 8. The Kier molecular flexibility index (Phi) is 5.75. The number of hydrogen-bond donors (Lipinski definition) is 0. The molecule has 1 aliphatic heterocycles. The summed E-state index contributed by atoms with van der Waals surface area (Å²) in [6.45, 7) is 3.53. The van der Waals surface area contributed by atoms with Crippen molar-refractivity contribution in [3.63, 3.8) is 0 Å². The van der Waals surface area contributed by atoms with Gasteiger partial charge < -0.3 is 9.32 Å². The summed E-state index contributed by atoms with van der Waals surface area (Å²) in [6, 6.07) is 9.55. The number of benzene rings is 1. The average molecular weight is 425 g/mol. The second kappa shape index (κ2) is 8.62. The summed E-state index contributed by atoms with van der Waals surface area (Å²) >= 11 is 1.44. The molecule has 10 heteroatoms. The average Bonchev–Trinajstić information content (AvgIpc) is 3.46. The fourth-order valence-electron chi connectivity index (χ4n) is 3.15. The molecule has 0 saturated carbocycles. The van der Waals surface area contributed by atoms with Gasteiger partial charge in [-0.15, -0.1) is 10.2 Å². The lowest BCUT2D eigenvalue weighted by Gasteiger charge is -2.15. The molecule has 0 aliphatic carbocycles. The second-order valence-corrected chi connectivity index (χ2v) is 8.26. The smallest absolute Gasteiger partial charge is 0.269 e. The Labute approximate surface area is 176 Å². The molecule has 1 unspecified atom stereocenters. The summed E-state index contributed by atoms with van der Waals surface area (Å²) in [4.78, 5) is 29.0. The molecule has 1 aliphatic rings. The van der Waals surface area contributed by atoms with Gasteiger partial charge in [-0.3, -0.25) is 14.9 Å². The van der Waals surface area contributed by atoms with E-state index in [1.54, 1.807) is 24.4 Å². The Morgan fingerprint density at radius 3 is 2.53 bits per heavy atom. The monoisotopic (exact) mass is 425 g/mol. The van der Waals surface area contributed by atoms with Crippen LogP contribution in [0.25, 0.3) is 11.5 Å². The molecule has 0 radical (unpaired) electrons. The van der Waals surface area contributed by atoms with Crippen molar-refractivity contribution in [3.8, 4) is 11.5 Å². The van der Waals surface area contributed by atoms with E-state index < -0.39 is 4.92 Å². The van der Waals surface area contributed by atoms with Gasteiger partial charge >= 0.3 is 0 Å². The Bertz CT molecular complexity index is 1050. The van der Waals surface area contributed by atoms with Crippen molar-refractivity contribution in [1.29, 1.82) is 0 Å². The van der Waals surface area contributed by atoms with Crippen LogP contribution in [0, 0.1) is 10.1 Å². The van der Waals surface area contributed by atoms with Crippen LogP contribution >= 0.6 is 11.8 Å². The van der Waals surface area contributed by atoms with Crippen LogP contribution in [0.15, 0.2) is 52.0 Å². The van der Waals surface area contributed by atoms with Gasteiger partial charge in [-0.1, -0.05) is 11.8 Å². The van der Waals surface area contributed by atoms with E-state index in [1.807, 2.05) is 17.9 Å². The molecule has 0 N–H and O–H groups in total. The van der Waals surface area contributed by atoms with E-state index in [0.717, 1.165) is 31.0 Å². The van der Waals surface area contributed by atoms with Crippen LogP contribution < -0.4 is 0 Å². The molecule has 3 aromatic rings. The van der Waals surface area contributed by atoms with E-state index in [1.165, 1.54) is 23.9 Å². The number of non-ortho nitro benzene ring substituents is 1. The predicted molar refractivity (Wildman–Crippen MR) is 110 cm³/mol. The Balaban J connectivity index is 1.41. The first-order chi connectivity index (χ1) is 14.5. The molecule has 0 spiro atoms. The summed E-state index contributed by atoms with van der Waals surface area (Å²) in [7, 11) is 0. The van der Waals surface area contributed by atoms with Crippen LogP contribution in [0.2, 0.25) is 0 Å². The molecule has 1 atom stereocenters. The van der Waals surface area contributed by atoms with Gasteiger partial charge in [0, 0.05) is 37.0 Å². The van der Waals surface area contributed by atoms with Crippen molar-refractivity contribution < 1.29 is 14.1 Å². The Hall–Kier alpha value is -3.27. The zero-order chi connectivity index (χ0) is 21.1. The van der Waals surface area contributed by atoms with E-state index in [2.05, 4.69) is 15.2 Å². The standard InChI is InChI=1S/C20H19N5O4S/c1-13(18-22-23-19(29-18)14-4-7-16(8-5-14)25(27)28)30-17-9-6-15(12-21-17)20(26)24-10-2-3-11-24/h4-9,12-13H,2-3,10-11H2,1H3. The van der Waals surface area contributed by atoms with E-state index in [-0.39, 0.29) is 16.8 Å². The minimum Gasteiger partial charge on any atom is -0.419 e. The molecule has 1 amide bonds. The van der Waals surface area contributed by atoms with Crippen LogP contribution in [0.1, 0.15) is 41.3 Å². The molecule has 0 bridgehead atoms. The van der Waals surface area contributed by atoms with Crippen molar-refractivity contribution in [1.82, 2.24) is 20.1 Å². The number of rotatable bonds is 6. The first-order valence-corrected chi connectivity index (χ1v) is 10.4. The number of thioether (sulfide) groups is 1. The normalized spacial score (nSPS) is 14.6. The molecular weight excluding hydrogens is 406 g/mol. The number of nitro groups is 1. The summed E-state index contributed by atoms with van der Waals surface area (Å²) in [5.41, 5.74) is 1.20. The number of nitrogens with zero attached hydrogens (tertiary/aromatic N) is 5. The number of carbonyl (C=O) groups excluding carboxylic acids is 1. The van der Waals surface area contributed by atoms with Gasteiger partial charge in [-0.2, -0.15) is 0 Å². The van der Waals surface area contributed by atoms with E-state index in [9.17, 15) is 14.9 Å². The molecule has 3 heterocycles. The number of likely N-dealkylation sites (tertiary alicyclic amines) is 1. The largest absolute Gasteiger partial charge is 0.419 e. The zero-order valence-electron chi connectivity index (χ0n) is 16.2. The van der Waals surface area contributed by atoms with E-state index >= 15 is 0 Å². The third-order valence-corrected chi connectivity index (χ3v) is 5.83. The van der Waals surface area contributed by atoms with Gasteiger partial charge in [0.05, 0.1) is 20.8 Å². The fraction of sp³-hybridized carbons (Fsp3) is 0.300. The van der Waals surface area contributed by atoms with Gasteiger partial charge in [0.25, 0.3) is 11.6 Å². The van der Waals surface area contributed by atoms with Crippen LogP contribution in [-0.2, 0) is 0 Å². The molecule has 2 aromatic heterocycles. The number of carbonyl (C=O) groups is 1. The molecule has 4 rings (SSSR count). The van der Waals surface area contributed by atoms with Crippen molar-refractivity contribution in [2.75, 3.05) is 13.1 Å². The third kappa shape index (κ3) is 4.33. The number of nitro benzene ring substituents is 1. The van der Waals surface area contributed by atoms with E-state index in [4.69, 9.17) is 4.42 Å². The Morgan fingerprint density at radius 2 is 1.90 bits per heavy atom. The summed E-state index contributed by atoms with van der Waals surface area (Å²) < 4.78 is 5.73. The van der Waals surface area contributed by atoms with Crippen molar-refractivity contribution in [3.05, 3.63) is 64.2 Å². The van der Waals surface area contributed by atoms with Crippen LogP contribution in [0.3, 0.4) is 0 Å². The number of pyridine rings is 1. The van der Waals surface area contributed by atoms with Crippen molar-refractivity contribution in [2.45, 2.75) is 30.0 Å². The molecule has 1 aromatic carbocycles. The zero-order valence-corrected chi connectivity index (χ0v) is 17.0. The quantitative estimate of drug-likeness (QED) is 0.329. The van der Waals surface area contributed by atoms with Gasteiger partial charge in [-0.25, -0.2) is 4.98 Å². The second-order valence-electron chi connectivity index (χ2n) is 6.89. The van der Waals surface area contributed by atoms with Crippen LogP contribution in [-0.4, -0.2) is 44.0 Å². The highest BCUT2D eigenvalue weighted by Crippen LogP contribution is 2.34. The van der Waals surface area contributed by atoms with Gasteiger partial charge in [0.1, 0.15) is 0 Å². The minimum atomic E-state index is -0.460. The SMILES string of the molecule is CC(Sc1ccc(C(=O)N2CCCC2)cn1)c1nnc(-c2ccc([N+](=O)[O-])cc2)o1. The minimum absolute atomic E-state index is 0.000136. The maximum atomic E-state index is 12.4. The summed E-state index contributed by atoms with van der Waals surface area (Å²) in [6.07, 6.45) is 3.71. The molecule has 1 saturated heterocycles. The van der Waals surface area contributed by atoms with E-state index in [0.29, 0.717) is 22.9 Å². The number of aromatic nitrogens is 3. The maximum Gasteiger partial charge on any atom is 0.269 e. The van der Waals surface area contributed by atoms with Gasteiger partial charge in [0.15, 0.2) is 0 Å². The molecule has 30 heavy (non-hydrogen) atoms. The first-order valence-electron chi connectivity index (χ1n) is 9.51. The summed E-state index contributed by atoms with van der Waals surface area (Å²) in [5.74, 6) is 0.744. The highest BCUT2D eigenvalue weighted by atomic mass is 32.2. The lowest BCUT2D eigenvalue weighted by Crippen LogP contribution is -2.27. The maximum absolute atomic E-state index is 12.4. The first kappa shape index (κ1) is 20.0. The molecule has 1 fully saturated rings. The highest BCUT2D eigenvalue weighted by Gasteiger charge is 2.21. The van der Waals surface area contributed by atoms with Gasteiger partial charge in [0.2, 0.25) is 11.8 Å². The van der Waals surface area contributed by atoms with Crippen molar-refractivity contribution >= 4 is 23.4 Å². The molecular formula is C20H19N5O4S. The lowest BCUT2D eigenvalue weighted by molar-refractivity contribution is -0.384. The molecule has 9 nitrogen and oxygen atoms in total. The topological polar surface area (TPSA) is 115 Å². The van der Waals surface area contributed by atoms with Gasteiger partial charge in [-0.05, 0) is 44.0 Å². The fourth-order valence-corrected chi connectivity index (χ4v) is 3.97. The Morgan fingerprint density at radius 1 is 1.17 bits per heavy atom. The highest BCUT2D eigenvalue weighted by molar-refractivity contribution is 7.99. The lowest BCUT2D eigenvalue weighted by atomic mass is 10.2. The summed E-state index contributed by atoms with van der Waals surface area (Å²) in [5, 5.41) is 19.5.